The van der Waals surface area contributed by atoms with Crippen LogP contribution in [0.25, 0.3) is 0 Å². The maximum atomic E-state index is 13.1. The van der Waals surface area contributed by atoms with E-state index in [0.717, 1.165) is 24.0 Å². The Morgan fingerprint density at radius 3 is 2.48 bits per heavy atom. The SMILES string of the molecule is CCCCNC(=O)[C@H](C)N(Cc1ccccc1Cl)C(=O)CSCc1ccc(Cl)cc1Cl. The molecule has 0 unspecified atom stereocenters. The Labute approximate surface area is 203 Å². The predicted molar refractivity (Wildman–Crippen MR) is 132 cm³/mol. The van der Waals surface area contributed by atoms with Crippen LogP contribution in [0.1, 0.15) is 37.8 Å². The Balaban J connectivity index is 2.07. The summed E-state index contributed by atoms with van der Waals surface area (Å²) in [4.78, 5) is 27.3. The first-order valence-corrected chi connectivity index (χ1v) is 12.4. The maximum absolute atomic E-state index is 13.1. The van der Waals surface area contributed by atoms with Crippen molar-refractivity contribution >= 4 is 58.4 Å². The van der Waals surface area contributed by atoms with Crippen LogP contribution in [-0.2, 0) is 21.9 Å². The Hall–Kier alpha value is -1.40. The number of thioether (sulfide) groups is 1. The highest BCUT2D eigenvalue weighted by Gasteiger charge is 2.26. The number of carbonyl (C=O) groups excluding carboxylic acids is 2. The minimum absolute atomic E-state index is 0.131. The molecule has 0 aliphatic carbocycles. The van der Waals surface area contributed by atoms with Gasteiger partial charge in [0.25, 0.3) is 0 Å². The standard InChI is InChI=1S/C23H27Cl3N2O2S/c1-3-4-11-27-23(30)16(2)28(13-17-7-5-6-8-20(17)25)22(29)15-31-14-18-9-10-19(24)12-21(18)26/h5-10,12,16H,3-4,11,13-15H2,1-2H3,(H,27,30)/t16-/m0/s1. The van der Waals surface area contributed by atoms with Gasteiger partial charge in [0.2, 0.25) is 11.8 Å². The van der Waals surface area contributed by atoms with Crippen LogP contribution in [0.5, 0.6) is 0 Å². The molecule has 0 radical (unpaired) electrons. The van der Waals surface area contributed by atoms with Crippen molar-refractivity contribution in [1.82, 2.24) is 10.2 Å². The number of amides is 2. The van der Waals surface area contributed by atoms with E-state index in [2.05, 4.69) is 12.2 Å². The second-order valence-corrected chi connectivity index (χ2v) is 9.40. The van der Waals surface area contributed by atoms with Crippen LogP contribution in [0, 0.1) is 0 Å². The lowest BCUT2D eigenvalue weighted by molar-refractivity contribution is -0.138. The van der Waals surface area contributed by atoms with Gasteiger partial charge in [-0.05, 0) is 42.7 Å². The summed E-state index contributed by atoms with van der Waals surface area (Å²) >= 11 is 19.9. The molecule has 0 heterocycles. The van der Waals surface area contributed by atoms with Crippen molar-refractivity contribution in [1.29, 1.82) is 0 Å². The third kappa shape index (κ3) is 8.23. The minimum Gasteiger partial charge on any atom is -0.354 e. The van der Waals surface area contributed by atoms with Gasteiger partial charge in [0.1, 0.15) is 6.04 Å². The molecule has 1 atom stereocenters. The zero-order valence-corrected chi connectivity index (χ0v) is 20.8. The first-order valence-electron chi connectivity index (χ1n) is 10.2. The van der Waals surface area contributed by atoms with E-state index in [4.69, 9.17) is 34.8 Å². The average Bonchev–Trinajstić information content (AvgIpc) is 2.74. The normalized spacial score (nSPS) is 11.8. The molecule has 0 saturated carbocycles. The van der Waals surface area contributed by atoms with Crippen molar-refractivity contribution in [3.63, 3.8) is 0 Å². The van der Waals surface area contributed by atoms with E-state index in [1.807, 2.05) is 24.3 Å². The van der Waals surface area contributed by atoms with E-state index in [1.54, 1.807) is 30.0 Å². The number of hydrogen-bond donors (Lipinski definition) is 1. The molecule has 2 amide bonds. The van der Waals surface area contributed by atoms with E-state index < -0.39 is 6.04 Å². The molecule has 8 heteroatoms. The molecule has 0 fully saturated rings. The molecule has 0 bridgehead atoms. The smallest absolute Gasteiger partial charge is 0.242 e. The fourth-order valence-electron chi connectivity index (χ4n) is 2.90. The van der Waals surface area contributed by atoms with Gasteiger partial charge >= 0.3 is 0 Å². The van der Waals surface area contributed by atoms with Crippen LogP contribution in [0.15, 0.2) is 42.5 Å². The number of nitrogens with one attached hydrogen (secondary N) is 1. The molecule has 1 N–H and O–H groups in total. The van der Waals surface area contributed by atoms with Gasteiger partial charge < -0.3 is 10.2 Å². The molecule has 0 aromatic heterocycles. The molecule has 168 valence electrons. The van der Waals surface area contributed by atoms with Crippen LogP contribution in [-0.4, -0.2) is 35.1 Å². The fourth-order valence-corrected chi connectivity index (χ4v) is 4.56. The third-order valence-electron chi connectivity index (χ3n) is 4.79. The van der Waals surface area contributed by atoms with Crippen molar-refractivity contribution in [3.8, 4) is 0 Å². The van der Waals surface area contributed by atoms with Crippen LogP contribution < -0.4 is 5.32 Å². The molecular formula is C23H27Cl3N2O2S. The number of rotatable bonds is 11. The summed E-state index contributed by atoms with van der Waals surface area (Å²) in [6, 6.07) is 12.1. The first kappa shape index (κ1) is 25.9. The molecule has 4 nitrogen and oxygen atoms in total. The molecule has 0 aliphatic heterocycles. The van der Waals surface area contributed by atoms with Gasteiger partial charge in [0, 0.05) is 33.9 Å². The Morgan fingerprint density at radius 2 is 1.81 bits per heavy atom. The fraction of sp³-hybridized carbons (Fsp3) is 0.391. The van der Waals surface area contributed by atoms with Gasteiger partial charge in [-0.15, -0.1) is 11.8 Å². The number of halogens is 3. The van der Waals surface area contributed by atoms with Gasteiger partial charge in [0.05, 0.1) is 5.75 Å². The molecular weight excluding hydrogens is 475 g/mol. The van der Waals surface area contributed by atoms with Gasteiger partial charge in [-0.25, -0.2) is 0 Å². The van der Waals surface area contributed by atoms with E-state index >= 15 is 0 Å². The third-order valence-corrected chi connectivity index (χ3v) is 6.72. The van der Waals surface area contributed by atoms with Gasteiger partial charge in [-0.1, -0.05) is 72.4 Å². The Morgan fingerprint density at radius 1 is 1.06 bits per heavy atom. The van der Waals surface area contributed by atoms with Gasteiger partial charge in [-0.3, -0.25) is 9.59 Å². The average molecular weight is 502 g/mol. The Kier molecular flexibility index (Phi) is 11.0. The van der Waals surface area contributed by atoms with Crippen molar-refractivity contribution in [2.24, 2.45) is 0 Å². The van der Waals surface area contributed by atoms with Crippen molar-refractivity contribution < 1.29 is 9.59 Å². The highest BCUT2D eigenvalue weighted by atomic mass is 35.5. The molecule has 0 spiro atoms. The molecule has 0 aliphatic rings. The quantitative estimate of drug-likeness (QED) is 0.372. The van der Waals surface area contributed by atoms with Crippen LogP contribution >= 0.6 is 46.6 Å². The van der Waals surface area contributed by atoms with Crippen LogP contribution in [0.3, 0.4) is 0 Å². The first-order chi connectivity index (χ1) is 14.8. The second kappa shape index (κ2) is 13.2. The van der Waals surface area contributed by atoms with Gasteiger partial charge in [0.15, 0.2) is 0 Å². The largest absolute Gasteiger partial charge is 0.354 e. The van der Waals surface area contributed by atoms with E-state index in [1.165, 1.54) is 11.8 Å². The lowest BCUT2D eigenvalue weighted by Gasteiger charge is -2.29. The highest BCUT2D eigenvalue weighted by molar-refractivity contribution is 7.99. The summed E-state index contributed by atoms with van der Waals surface area (Å²) in [7, 11) is 0. The van der Waals surface area contributed by atoms with E-state index in [0.29, 0.717) is 27.4 Å². The van der Waals surface area contributed by atoms with Gasteiger partial charge in [-0.2, -0.15) is 0 Å². The maximum Gasteiger partial charge on any atom is 0.242 e. The lowest BCUT2D eigenvalue weighted by Crippen LogP contribution is -2.48. The summed E-state index contributed by atoms with van der Waals surface area (Å²) in [5, 5.41) is 4.63. The van der Waals surface area contributed by atoms with Crippen molar-refractivity contribution in [3.05, 3.63) is 68.7 Å². The topological polar surface area (TPSA) is 49.4 Å². The number of carbonyl (C=O) groups is 2. The summed E-state index contributed by atoms with van der Waals surface area (Å²) in [6.07, 6.45) is 1.88. The Bertz CT molecular complexity index is 895. The van der Waals surface area contributed by atoms with Crippen LogP contribution in [0.4, 0.5) is 0 Å². The molecule has 0 saturated heterocycles. The zero-order valence-electron chi connectivity index (χ0n) is 17.7. The monoisotopic (exact) mass is 500 g/mol. The molecule has 31 heavy (non-hydrogen) atoms. The molecule has 2 aromatic carbocycles. The summed E-state index contributed by atoms with van der Waals surface area (Å²) in [6.45, 7) is 4.67. The highest BCUT2D eigenvalue weighted by Crippen LogP contribution is 2.25. The zero-order chi connectivity index (χ0) is 22.8. The summed E-state index contributed by atoms with van der Waals surface area (Å²) in [5.74, 6) is 0.488. The summed E-state index contributed by atoms with van der Waals surface area (Å²) < 4.78 is 0. The predicted octanol–water partition coefficient (Wildman–Crippen LogP) is 6.21. The van der Waals surface area contributed by atoms with Crippen molar-refractivity contribution in [2.45, 2.75) is 45.0 Å². The van der Waals surface area contributed by atoms with E-state index in [9.17, 15) is 9.59 Å². The van der Waals surface area contributed by atoms with E-state index in [-0.39, 0.29) is 24.1 Å². The minimum atomic E-state index is -0.611. The summed E-state index contributed by atoms with van der Waals surface area (Å²) in [5.41, 5.74) is 1.71. The number of hydrogen-bond acceptors (Lipinski definition) is 3. The number of unbranched alkanes of at least 4 members (excludes halogenated alkanes) is 1. The lowest BCUT2D eigenvalue weighted by atomic mass is 10.1. The molecule has 2 aromatic rings. The number of nitrogens with zero attached hydrogens (tertiary/aromatic N) is 1. The number of benzene rings is 2. The van der Waals surface area contributed by atoms with Crippen LogP contribution in [0.2, 0.25) is 15.1 Å². The van der Waals surface area contributed by atoms with Crippen molar-refractivity contribution in [2.75, 3.05) is 12.3 Å². The second-order valence-electron chi connectivity index (χ2n) is 7.16. The molecule has 2 rings (SSSR count).